The summed E-state index contributed by atoms with van der Waals surface area (Å²) in [6.07, 6.45) is 0. The van der Waals surface area contributed by atoms with Crippen LogP contribution in [0.25, 0.3) is 0 Å². The van der Waals surface area contributed by atoms with Crippen LogP contribution < -0.4 is 6.15 Å². The third-order valence-corrected chi connectivity index (χ3v) is 1.35. The van der Waals surface area contributed by atoms with Crippen LogP contribution in [0.15, 0.2) is 18.2 Å². The summed E-state index contributed by atoms with van der Waals surface area (Å²) in [7, 11) is 0. The van der Waals surface area contributed by atoms with Gasteiger partial charge >= 0.3 is 11.4 Å². The van der Waals surface area contributed by atoms with E-state index < -0.39 is 27.0 Å². The van der Waals surface area contributed by atoms with E-state index >= 15 is 0 Å². The van der Waals surface area contributed by atoms with E-state index in [0.29, 0.717) is 0 Å². The molecule has 3 N–H and O–H groups in total. The molecule has 7 nitrogen and oxygen atoms in total. The lowest BCUT2D eigenvalue weighted by molar-refractivity contribution is -0.399. The maximum absolute atomic E-state index is 12.9. The molecule has 0 heterocycles. The minimum atomic E-state index is -1.42. The third kappa shape index (κ3) is 1.98. The van der Waals surface area contributed by atoms with Gasteiger partial charge in [-0.1, -0.05) is 0 Å². The van der Waals surface area contributed by atoms with E-state index in [4.69, 9.17) is 0 Å². The fourth-order valence-electron chi connectivity index (χ4n) is 0.790. The van der Waals surface area contributed by atoms with Gasteiger partial charge in [0.25, 0.3) is 5.82 Å². The van der Waals surface area contributed by atoms with Crippen molar-refractivity contribution in [2.24, 2.45) is 0 Å². The zero-order chi connectivity index (χ0) is 10.0. The Balaban J connectivity index is 0.00000169. The molecule has 76 valence electrons. The van der Waals surface area contributed by atoms with Gasteiger partial charge in [0.1, 0.15) is 0 Å². The lowest BCUT2D eigenvalue weighted by Crippen LogP contribution is -1.97. The van der Waals surface area contributed by atoms with Gasteiger partial charge in [0.05, 0.1) is 9.85 Å². The third-order valence-electron chi connectivity index (χ3n) is 1.35. The molecule has 0 saturated carbocycles. The number of nitrogens with zero attached hydrogens (tertiary/aromatic N) is 2. The van der Waals surface area contributed by atoms with Crippen LogP contribution in [0.5, 0.6) is 0 Å². The highest BCUT2D eigenvalue weighted by molar-refractivity contribution is 5.44. The van der Waals surface area contributed by atoms with Crippen molar-refractivity contribution in [1.82, 2.24) is 6.15 Å². The molecule has 0 atom stereocenters. The number of hydrogen-bond acceptors (Lipinski definition) is 5. The van der Waals surface area contributed by atoms with Crippen LogP contribution in [0.2, 0.25) is 0 Å². The molecule has 0 aromatic heterocycles. The summed E-state index contributed by atoms with van der Waals surface area (Å²) in [5, 5.41) is 20.3. The van der Waals surface area contributed by atoms with Gasteiger partial charge in [0.15, 0.2) is 0 Å². The largest absolute Gasteiger partial charge is 0.344 e. The number of halogens is 1. The Morgan fingerprint density at radius 3 is 1.71 bits per heavy atom. The average Bonchev–Trinajstić information content (AvgIpc) is 2.03. The molecule has 0 aliphatic heterocycles. The first-order valence-corrected chi connectivity index (χ1v) is 3.11. The Labute approximate surface area is 77.0 Å². The zero-order valence-electron chi connectivity index (χ0n) is 6.84. The quantitative estimate of drug-likeness (QED) is 0.580. The van der Waals surface area contributed by atoms with Crippen molar-refractivity contribution >= 4 is 11.4 Å². The van der Waals surface area contributed by atoms with Gasteiger partial charge in [-0.2, -0.15) is 4.39 Å². The van der Waals surface area contributed by atoms with Crippen LogP contribution in [0.1, 0.15) is 0 Å². The summed E-state index contributed by atoms with van der Waals surface area (Å²) in [4.78, 5) is 18.3. The number of hydrogen-bond donors (Lipinski definition) is 1. The molecule has 0 aliphatic rings. The van der Waals surface area contributed by atoms with E-state index in [1.54, 1.807) is 0 Å². The van der Waals surface area contributed by atoms with Crippen molar-refractivity contribution in [2.45, 2.75) is 0 Å². The minimum absolute atomic E-state index is 0. The van der Waals surface area contributed by atoms with E-state index in [-0.39, 0.29) is 6.15 Å². The normalized spacial score (nSPS) is 8.93. The van der Waals surface area contributed by atoms with Crippen molar-refractivity contribution in [2.75, 3.05) is 0 Å². The predicted octanol–water partition coefficient (Wildman–Crippen LogP) is 1.80. The van der Waals surface area contributed by atoms with Crippen LogP contribution in [0.4, 0.5) is 15.8 Å². The maximum atomic E-state index is 12.9. The Hall–Kier alpha value is -2.09. The molecule has 1 rings (SSSR count). The molecule has 1 aromatic rings. The molecule has 0 amide bonds. The second-order valence-electron chi connectivity index (χ2n) is 2.12. The molecule has 0 spiro atoms. The van der Waals surface area contributed by atoms with Crippen LogP contribution in [-0.4, -0.2) is 9.85 Å². The first-order chi connectivity index (χ1) is 6.04. The molecule has 1 aromatic carbocycles. The van der Waals surface area contributed by atoms with Gasteiger partial charge in [-0.05, 0) is 6.07 Å². The second kappa shape index (κ2) is 4.23. The molecular formula is C6H6FN3O4. The van der Waals surface area contributed by atoms with Crippen LogP contribution in [0.3, 0.4) is 0 Å². The summed E-state index contributed by atoms with van der Waals surface area (Å²) in [5.41, 5.74) is -1.79. The van der Waals surface area contributed by atoms with Crippen LogP contribution in [0, 0.1) is 26.0 Å². The van der Waals surface area contributed by atoms with Gasteiger partial charge in [0.2, 0.25) is 0 Å². The molecule has 14 heavy (non-hydrogen) atoms. The van der Waals surface area contributed by atoms with E-state index in [9.17, 15) is 24.6 Å². The van der Waals surface area contributed by atoms with Crippen molar-refractivity contribution in [1.29, 1.82) is 0 Å². The van der Waals surface area contributed by atoms with Crippen LogP contribution in [-0.2, 0) is 0 Å². The molecule has 0 bridgehead atoms. The van der Waals surface area contributed by atoms with Gasteiger partial charge in [-0.25, -0.2) is 0 Å². The molecule has 0 fully saturated rings. The Morgan fingerprint density at radius 1 is 1.07 bits per heavy atom. The van der Waals surface area contributed by atoms with Crippen molar-refractivity contribution in [3.05, 3.63) is 44.2 Å². The molecule has 0 saturated heterocycles. The zero-order valence-corrected chi connectivity index (χ0v) is 6.84. The smallest absolute Gasteiger partial charge is 0.312 e. The van der Waals surface area contributed by atoms with Gasteiger partial charge < -0.3 is 6.15 Å². The topological polar surface area (TPSA) is 121 Å². The summed E-state index contributed by atoms with van der Waals surface area (Å²) in [6, 6.07) is 2.78. The summed E-state index contributed by atoms with van der Waals surface area (Å²) in [6.45, 7) is 0. The summed E-state index contributed by atoms with van der Waals surface area (Å²) in [5.74, 6) is -1.42. The molecular weight excluding hydrogens is 197 g/mol. The molecule has 0 radical (unpaired) electrons. The number of nitro benzene ring substituents is 2. The standard InChI is InChI=1S/C6H3FN2O4.H3N/c7-6-4(8(10)11)2-1-3-5(6)9(12)13;/h1-3H;1H3. The lowest BCUT2D eigenvalue weighted by Gasteiger charge is -1.94. The van der Waals surface area contributed by atoms with Crippen molar-refractivity contribution in [3.63, 3.8) is 0 Å². The van der Waals surface area contributed by atoms with Gasteiger partial charge in [-0.15, -0.1) is 0 Å². The Bertz CT molecular complexity index is 349. The maximum Gasteiger partial charge on any atom is 0.312 e. The Kier molecular flexibility index (Phi) is 3.60. The van der Waals surface area contributed by atoms with Crippen LogP contribution >= 0.6 is 0 Å². The molecule has 8 heteroatoms. The van der Waals surface area contributed by atoms with Gasteiger partial charge in [0, 0.05) is 12.1 Å². The van der Waals surface area contributed by atoms with E-state index in [0.717, 1.165) is 18.2 Å². The molecule has 0 unspecified atom stereocenters. The lowest BCUT2D eigenvalue weighted by atomic mass is 10.3. The number of benzene rings is 1. The molecule has 0 aliphatic carbocycles. The van der Waals surface area contributed by atoms with E-state index in [1.165, 1.54) is 0 Å². The van der Waals surface area contributed by atoms with Gasteiger partial charge in [-0.3, -0.25) is 20.2 Å². The fraction of sp³-hybridized carbons (Fsp3) is 0. The SMILES string of the molecule is N.O=[N+]([O-])c1cccc([N+](=O)[O-])c1F. The second-order valence-corrected chi connectivity index (χ2v) is 2.12. The summed E-state index contributed by atoms with van der Waals surface area (Å²) >= 11 is 0. The minimum Gasteiger partial charge on any atom is -0.344 e. The van der Waals surface area contributed by atoms with Crippen molar-refractivity contribution < 1.29 is 14.2 Å². The Morgan fingerprint density at radius 2 is 1.43 bits per heavy atom. The monoisotopic (exact) mass is 203 g/mol. The highest BCUT2D eigenvalue weighted by Crippen LogP contribution is 2.25. The van der Waals surface area contributed by atoms with E-state index in [1.807, 2.05) is 0 Å². The number of rotatable bonds is 2. The number of nitro groups is 2. The highest BCUT2D eigenvalue weighted by atomic mass is 19.1. The van der Waals surface area contributed by atoms with Crippen molar-refractivity contribution in [3.8, 4) is 0 Å². The fourth-order valence-corrected chi connectivity index (χ4v) is 0.790. The summed E-state index contributed by atoms with van der Waals surface area (Å²) < 4.78 is 12.9. The average molecular weight is 203 g/mol. The first kappa shape index (κ1) is 11.9. The highest BCUT2D eigenvalue weighted by Gasteiger charge is 2.24. The first-order valence-electron chi connectivity index (χ1n) is 3.11. The predicted molar refractivity (Wildman–Crippen MR) is 44.7 cm³/mol. The van der Waals surface area contributed by atoms with E-state index in [2.05, 4.69) is 0 Å².